The standard InChI is InChI=1S/C18H27N3O3/c1-3-24-21(23)14-15-12-18(13-15)8-10-20(11-9-18)17-6-4-16(5-7-17)19(2)22/h4-7,15H,3,8-14H2,1-2H3/q+2. The first-order valence-corrected chi connectivity index (χ1v) is 8.85. The molecule has 1 aliphatic carbocycles. The third-order valence-corrected chi connectivity index (χ3v) is 5.53. The summed E-state index contributed by atoms with van der Waals surface area (Å²) in [5.74, 6) is 0.479. The van der Waals surface area contributed by atoms with Crippen LogP contribution in [0.15, 0.2) is 24.3 Å². The molecule has 0 aromatic heterocycles. The summed E-state index contributed by atoms with van der Waals surface area (Å²) in [5, 5.41) is 0. The molecule has 3 rings (SSSR count). The van der Waals surface area contributed by atoms with Gasteiger partial charge in [0.05, 0.1) is 4.91 Å². The van der Waals surface area contributed by atoms with E-state index in [0.717, 1.165) is 35.6 Å². The number of nitroso groups, excluding NO2 is 1. The number of hydrogen-bond donors (Lipinski definition) is 0. The minimum atomic E-state index is 0.434. The monoisotopic (exact) mass is 333 g/mol. The maximum absolute atomic E-state index is 11.5. The lowest BCUT2D eigenvalue weighted by molar-refractivity contribution is -0.807. The third kappa shape index (κ3) is 3.57. The van der Waals surface area contributed by atoms with Crippen molar-refractivity contribution in [2.45, 2.75) is 32.6 Å². The van der Waals surface area contributed by atoms with Crippen molar-refractivity contribution in [3.8, 4) is 0 Å². The summed E-state index contributed by atoms with van der Waals surface area (Å²) in [6.45, 7) is 4.88. The number of anilines is 1. The highest BCUT2D eigenvalue weighted by atomic mass is 16.8. The van der Waals surface area contributed by atoms with E-state index < -0.39 is 0 Å². The van der Waals surface area contributed by atoms with Crippen molar-refractivity contribution < 1.29 is 14.5 Å². The Bertz CT molecular complexity index is 598. The fourth-order valence-corrected chi connectivity index (χ4v) is 4.22. The topological polar surface area (TPSA) is 52.6 Å². The van der Waals surface area contributed by atoms with Gasteiger partial charge in [0, 0.05) is 46.5 Å². The molecule has 0 amide bonds. The Balaban J connectivity index is 1.48. The van der Waals surface area contributed by atoms with Gasteiger partial charge in [-0.25, -0.2) is 4.84 Å². The van der Waals surface area contributed by atoms with Crippen LogP contribution in [0.1, 0.15) is 32.6 Å². The lowest BCUT2D eigenvalue weighted by atomic mass is 9.57. The average molecular weight is 333 g/mol. The normalized spacial score (nSPS) is 19.8. The van der Waals surface area contributed by atoms with E-state index in [4.69, 9.17) is 4.84 Å². The lowest BCUT2D eigenvalue weighted by Gasteiger charge is -2.51. The maximum atomic E-state index is 11.5. The van der Waals surface area contributed by atoms with Crippen molar-refractivity contribution in [1.29, 1.82) is 0 Å². The van der Waals surface area contributed by atoms with Crippen LogP contribution in [0.3, 0.4) is 0 Å². The zero-order chi connectivity index (χ0) is 17.2. The molecule has 2 aliphatic rings. The molecule has 6 nitrogen and oxygen atoms in total. The van der Waals surface area contributed by atoms with Crippen molar-refractivity contribution in [1.82, 2.24) is 0 Å². The van der Waals surface area contributed by atoms with Crippen LogP contribution in [0.2, 0.25) is 0 Å². The van der Waals surface area contributed by atoms with Crippen LogP contribution < -0.4 is 4.90 Å². The lowest BCUT2D eigenvalue weighted by Crippen LogP contribution is -2.48. The molecule has 1 saturated heterocycles. The summed E-state index contributed by atoms with van der Waals surface area (Å²) in [5.41, 5.74) is 2.31. The Labute approximate surface area is 142 Å². The minimum absolute atomic E-state index is 0.434. The van der Waals surface area contributed by atoms with Gasteiger partial charge in [-0.3, -0.25) is 0 Å². The second-order valence-corrected chi connectivity index (χ2v) is 7.21. The van der Waals surface area contributed by atoms with Crippen LogP contribution in [-0.4, -0.2) is 43.0 Å². The quantitative estimate of drug-likeness (QED) is 0.591. The fourth-order valence-electron chi connectivity index (χ4n) is 4.22. The largest absolute Gasteiger partial charge is 0.371 e. The van der Waals surface area contributed by atoms with Gasteiger partial charge in [0.25, 0.3) is 12.2 Å². The van der Waals surface area contributed by atoms with Gasteiger partial charge in [0.1, 0.15) is 0 Å². The molecule has 1 saturated carbocycles. The molecule has 1 spiro atoms. The molecule has 24 heavy (non-hydrogen) atoms. The first kappa shape index (κ1) is 16.9. The second-order valence-electron chi connectivity index (χ2n) is 7.21. The number of piperidine rings is 1. The predicted molar refractivity (Wildman–Crippen MR) is 92.4 cm³/mol. The summed E-state index contributed by atoms with van der Waals surface area (Å²) in [7, 11) is 1.52. The Kier molecular flexibility index (Phi) is 4.83. The van der Waals surface area contributed by atoms with Crippen LogP contribution >= 0.6 is 0 Å². The van der Waals surface area contributed by atoms with Crippen LogP contribution in [0.25, 0.3) is 0 Å². The van der Waals surface area contributed by atoms with Crippen LogP contribution in [-0.2, 0) is 4.84 Å². The molecule has 1 heterocycles. The van der Waals surface area contributed by atoms with Gasteiger partial charge >= 0.3 is 0 Å². The summed E-state index contributed by atoms with van der Waals surface area (Å²) < 4.78 is 0.880. The Morgan fingerprint density at radius 1 is 1.17 bits per heavy atom. The van der Waals surface area contributed by atoms with E-state index >= 15 is 0 Å². The molecule has 0 unspecified atom stereocenters. The zero-order valence-corrected chi connectivity index (χ0v) is 14.6. The Morgan fingerprint density at radius 2 is 1.79 bits per heavy atom. The molecule has 1 aromatic carbocycles. The Morgan fingerprint density at radius 3 is 2.33 bits per heavy atom. The fraction of sp³-hybridized carbons (Fsp3) is 0.667. The molecule has 1 aromatic rings. The highest BCUT2D eigenvalue weighted by Gasteiger charge is 2.48. The Hall–Kier alpha value is -1.98. The first-order valence-electron chi connectivity index (χ1n) is 8.85. The molecule has 0 atom stereocenters. The van der Waals surface area contributed by atoms with Crippen molar-refractivity contribution in [2.75, 3.05) is 38.2 Å². The summed E-state index contributed by atoms with van der Waals surface area (Å²) in [6, 6.07) is 7.82. The molecule has 1 aliphatic heterocycles. The van der Waals surface area contributed by atoms with Gasteiger partial charge in [0.15, 0.2) is 13.7 Å². The third-order valence-electron chi connectivity index (χ3n) is 5.53. The molecule has 6 heteroatoms. The highest BCUT2D eigenvalue weighted by Crippen LogP contribution is 2.52. The van der Waals surface area contributed by atoms with E-state index in [0.29, 0.717) is 30.2 Å². The van der Waals surface area contributed by atoms with E-state index in [-0.39, 0.29) is 0 Å². The van der Waals surface area contributed by atoms with Gasteiger partial charge in [-0.2, -0.15) is 0 Å². The smallest absolute Gasteiger partial charge is 0.255 e. The van der Waals surface area contributed by atoms with Crippen LogP contribution in [0.4, 0.5) is 11.4 Å². The van der Waals surface area contributed by atoms with E-state index in [1.807, 2.05) is 31.2 Å². The van der Waals surface area contributed by atoms with Crippen molar-refractivity contribution in [3.05, 3.63) is 34.1 Å². The molecular weight excluding hydrogens is 306 g/mol. The van der Waals surface area contributed by atoms with Crippen molar-refractivity contribution in [3.63, 3.8) is 0 Å². The number of nitrogens with zero attached hydrogens (tertiary/aromatic N) is 3. The SMILES string of the molecule is CCO[N+](=O)CC1CC2(CCN(c3ccc([N+](C)=O)cc3)CC2)C1. The summed E-state index contributed by atoms with van der Waals surface area (Å²) in [6.07, 6.45) is 4.65. The minimum Gasteiger partial charge on any atom is -0.371 e. The summed E-state index contributed by atoms with van der Waals surface area (Å²) >= 11 is 0. The zero-order valence-electron chi connectivity index (χ0n) is 14.6. The van der Waals surface area contributed by atoms with Gasteiger partial charge in [-0.05, 0) is 50.2 Å². The van der Waals surface area contributed by atoms with E-state index in [1.165, 1.54) is 25.6 Å². The predicted octanol–water partition coefficient (Wildman–Crippen LogP) is 3.45. The van der Waals surface area contributed by atoms with Gasteiger partial charge < -0.3 is 4.90 Å². The number of hydrogen-bond acceptors (Lipinski definition) is 4. The summed E-state index contributed by atoms with van der Waals surface area (Å²) in [4.78, 5) is 30.9. The molecule has 2 fully saturated rings. The molecule has 0 bridgehead atoms. The average Bonchev–Trinajstić information content (AvgIpc) is 2.54. The maximum Gasteiger partial charge on any atom is 0.255 e. The van der Waals surface area contributed by atoms with E-state index in [1.54, 1.807) is 0 Å². The van der Waals surface area contributed by atoms with E-state index in [9.17, 15) is 9.81 Å². The molecule has 0 N–H and O–H groups in total. The van der Waals surface area contributed by atoms with E-state index in [2.05, 4.69) is 4.90 Å². The second kappa shape index (κ2) is 6.87. The van der Waals surface area contributed by atoms with Crippen molar-refractivity contribution in [2.24, 2.45) is 11.3 Å². The van der Waals surface area contributed by atoms with Crippen LogP contribution in [0.5, 0.6) is 0 Å². The van der Waals surface area contributed by atoms with Gasteiger partial charge in [-0.15, -0.1) is 0 Å². The first-order chi connectivity index (χ1) is 11.5. The number of rotatable bonds is 6. The van der Waals surface area contributed by atoms with Crippen LogP contribution in [0, 0.1) is 21.1 Å². The number of benzene rings is 1. The molecular formula is C18H27N3O3+2. The molecule has 0 radical (unpaired) electrons. The van der Waals surface area contributed by atoms with Crippen molar-refractivity contribution >= 4 is 11.4 Å². The highest BCUT2D eigenvalue weighted by molar-refractivity contribution is 5.51. The van der Waals surface area contributed by atoms with Gasteiger partial charge in [-0.1, -0.05) is 0 Å². The molecule has 130 valence electrons. The van der Waals surface area contributed by atoms with Gasteiger partial charge in [0.2, 0.25) is 4.92 Å².